The zero-order valence-corrected chi connectivity index (χ0v) is 12.1. The van der Waals surface area contributed by atoms with E-state index in [0.717, 1.165) is 30.5 Å². The van der Waals surface area contributed by atoms with Gasteiger partial charge in [-0.2, -0.15) is 0 Å². The van der Waals surface area contributed by atoms with Crippen LogP contribution < -0.4 is 11.1 Å². The molecule has 0 amide bonds. The van der Waals surface area contributed by atoms with E-state index in [2.05, 4.69) is 25.6 Å². The lowest BCUT2D eigenvalue weighted by atomic mass is 10.0. The second kappa shape index (κ2) is 8.52. The van der Waals surface area contributed by atoms with Gasteiger partial charge >= 0.3 is 0 Å². The van der Waals surface area contributed by atoms with Gasteiger partial charge in [-0.25, -0.2) is 0 Å². The van der Waals surface area contributed by atoms with Crippen molar-refractivity contribution in [2.24, 2.45) is 11.7 Å². The molecule has 0 spiro atoms. The Kier molecular flexibility index (Phi) is 7.33. The van der Waals surface area contributed by atoms with Crippen LogP contribution in [0.3, 0.4) is 0 Å². The Morgan fingerprint density at radius 3 is 2.56 bits per heavy atom. The molecule has 18 heavy (non-hydrogen) atoms. The van der Waals surface area contributed by atoms with Crippen LogP contribution >= 0.6 is 11.6 Å². The summed E-state index contributed by atoms with van der Waals surface area (Å²) < 4.78 is 0. The van der Waals surface area contributed by atoms with Crippen molar-refractivity contribution < 1.29 is 0 Å². The van der Waals surface area contributed by atoms with E-state index >= 15 is 0 Å². The molecule has 0 aromatic heterocycles. The summed E-state index contributed by atoms with van der Waals surface area (Å²) in [5, 5.41) is 4.16. The lowest BCUT2D eigenvalue weighted by Crippen LogP contribution is -2.30. The van der Waals surface area contributed by atoms with Crippen LogP contribution in [-0.2, 0) is 6.42 Å². The maximum absolute atomic E-state index is 6.06. The normalized spacial score (nSPS) is 12.9. The smallest absolute Gasteiger partial charge is 0.0406 e. The highest BCUT2D eigenvalue weighted by Crippen LogP contribution is 2.11. The lowest BCUT2D eigenvalue weighted by Gasteiger charge is -2.12. The first kappa shape index (κ1) is 15.5. The van der Waals surface area contributed by atoms with Crippen LogP contribution in [0.2, 0.25) is 5.02 Å². The second-order valence-electron chi connectivity index (χ2n) is 5.12. The molecular formula is C15H24ClN2. The second-order valence-corrected chi connectivity index (χ2v) is 5.55. The summed E-state index contributed by atoms with van der Waals surface area (Å²) in [6.45, 7) is 6.40. The molecule has 1 rings (SSSR count). The van der Waals surface area contributed by atoms with Gasteiger partial charge in [-0.1, -0.05) is 37.6 Å². The number of rotatable bonds is 8. The molecule has 2 nitrogen and oxygen atoms in total. The molecule has 1 aromatic rings. The highest BCUT2D eigenvalue weighted by Gasteiger charge is 2.04. The number of hydrogen-bond donors (Lipinski definition) is 2. The molecular weight excluding hydrogens is 244 g/mol. The first-order chi connectivity index (χ1) is 8.58. The van der Waals surface area contributed by atoms with Crippen LogP contribution in [0.1, 0.15) is 25.8 Å². The van der Waals surface area contributed by atoms with Crippen LogP contribution in [0.25, 0.3) is 0 Å². The molecule has 1 aromatic carbocycles. The van der Waals surface area contributed by atoms with Crippen molar-refractivity contribution in [2.75, 3.05) is 13.1 Å². The number of hydrogen-bond acceptors (Lipinski definition) is 2. The maximum Gasteiger partial charge on any atom is 0.0406 e. The van der Waals surface area contributed by atoms with E-state index in [0.29, 0.717) is 0 Å². The Bertz CT molecular complexity index is 322. The van der Waals surface area contributed by atoms with E-state index in [1.807, 2.05) is 24.3 Å². The molecule has 0 unspecified atom stereocenters. The van der Waals surface area contributed by atoms with Crippen LogP contribution in [0.5, 0.6) is 0 Å². The molecule has 1 radical (unpaired) electrons. The highest BCUT2D eigenvalue weighted by molar-refractivity contribution is 6.30. The van der Waals surface area contributed by atoms with E-state index in [-0.39, 0.29) is 6.04 Å². The lowest BCUT2D eigenvalue weighted by molar-refractivity contribution is 0.542. The first-order valence-corrected chi connectivity index (χ1v) is 7.00. The number of benzene rings is 1. The fourth-order valence-electron chi connectivity index (χ4n) is 1.70. The summed E-state index contributed by atoms with van der Waals surface area (Å²) in [5.41, 5.74) is 7.28. The van der Waals surface area contributed by atoms with Crippen LogP contribution in [0.15, 0.2) is 24.3 Å². The van der Waals surface area contributed by atoms with E-state index in [1.54, 1.807) is 0 Å². The minimum absolute atomic E-state index is 0.0951. The topological polar surface area (TPSA) is 38.0 Å². The fraction of sp³-hybridized carbons (Fsp3) is 0.533. The molecule has 0 aliphatic heterocycles. The zero-order chi connectivity index (χ0) is 13.4. The van der Waals surface area contributed by atoms with E-state index < -0.39 is 0 Å². The number of halogens is 1. The third kappa shape index (κ3) is 7.00. The third-order valence-electron chi connectivity index (χ3n) is 2.85. The number of nitrogens with two attached hydrogens (primary N) is 1. The molecule has 3 heteroatoms. The minimum Gasteiger partial charge on any atom is -0.327 e. The quantitative estimate of drug-likeness (QED) is 0.711. The molecule has 3 N–H and O–H groups in total. The van der Waals surface area contributed by atoms with Gasteiger partial charge < -0.3 is 11.1 Å². The third-order valence-corrected chi connectivity index (χ3v) is 3.10. The van der Waals surface area contributed by atoms with Crippen LogP contribution in [-0.4, -0.2) is 19.1 Å². The van der Waals surface area contributed by atoms with E-state index in [9.17, 15) is 0 Å². The summed E-state index contributed by atoms with van der Waals surface area (Å²) >= 11 is 5.84. The summed E-state index contributed by atoms with van der Waals surface area (Å²) in [5.74, 6) is 0.750. The van der Waals surface area contributed by atoms with Crippen molar-refractivity contribution in [3.8, 4) is 0 Å². The van der Waals surface area contributed by atoms with E-state index in [4.69, 9.17) is 17.3 Å². The highest BCUT2D eigenvalue weighted by atomic mass is 35.5. The molecule has 0 saturated heterocycles. The average Bonchev–Trinajstić information content (AvgIpc) is 2.31. The summed E-state index contributed by atoms with van der Waals surface area (Å²) in [6, 6.07) is 7.97. The van der Waals surface area contributed by atoms with Gasteiger partial charge in [-0.15, -0.1) is 0 Å². The van der Waals surface area contributed by atoms with Gasteiger partial charge in [0.1, 0.15) is 0 Å². The average molecular weight is 268 g/mol. The van der Waals surface area contributed by atoms with Gasteiger partial charge in [-0.05, 0) is 56.0 Å². The largest absolute Gasteiger partial charge is 0.327 e. The van der Waals surface area contributed by atoms with Gasteiger partial charge in [0.15, 0.2) is 0 Å². The van der Waals surface area contributed by atoms with Crippen molar-refractivity contribution in [1.29, 1.82) is 0 Å². The monoisotopic (exact) mass is 267 g/mol. The molecule has 0 fully saturated rings. The van der Waals surface area contributed by atoms with Gasteiger partial charge in [0, 0.05) is 11.1 Å². The Labute approximate surface area is 116 Å². The fourth-order valence-corrected chi connectivity index (χ4v) is 1.83. The molecule has 1 atom stereocenters. The van der Waals surface area contributed by atoms with Gasteiger partial charge in [-0.3, -0.25) is 0 Å². The SMILES string of the molecule is CC(C)CCNC[CH][C@H](N)Cc1ccc(Cl)cc1. The Morgan fingerprint density at radius 1 is 1.28 bits per heavy atom. The predicted octanol–water partition coefficient (Wildman–Crippen LogP) is 3.05. The standard InChI is InChI=1S/C15H24ClN2/c1-12(2)7-9-18-10-8-15(17)11-13-3-5-14(16)6-4-13/h3-6,8,12,15,18H,7,9-11,17H2,1-2H3/t15-/m0/s1. The molecule has 0 aliphatic rings. The van der Waals surface area contributed by atoms with Gasteiger partial charge in [0.05, 0.1) is 0 Å². The minimum atomic E-state index is 0.0951. The summed E-state index contributed by atoms with van der Waals surface area (Å²) in [7, 11) is 0. The van der Waals surface area contributed by atoms with Crippen molar-refractivity contribution >= 4 is 11.6 Å². The first-order valence-electron chi connectivity index (χ1n) is 6.62. The predicted molar refractivity (Wildman–Crippen MR) is 79.8 cm³/mol. The maximum atomic E-state index is 6.06. The molecule has 0 aliphatic carbocycles. The number of nitrogens with one attached hydrogen (secondary N) is 1. The summed E-state index contributed by atoms with van der Waals surface area (Å²) in [4.78, 5) is 0. The zero-order valence-electron chi connectivity index (χ0n) is 11.3. The van der Waals surface area contributed by atoms with E-state index in [1.165, 1.54) is 12.0 Å². The molecule has 0 saturated carbocycles. The van der Waals surface area contributed by atoms with Crippen LogP contribution in [0, 0.1) is 12.3 Å². The molecule has 0 bridgehead atoms. The van der Waals surface area contributed by atoms with Gasteiger partial charge in [0.2, 0.25) is 0 Å². The Balaban J connectivity index is 2.13. The summed E-state index contributed by atoms with van der Waals surface area (Å²) in [6.07, 6.45) is 4.21. The van der Waals surface area contributed by atoms with Crippen molar-refractivity contribution in [3.63, 3.8) is 0 Å². The van der Waals surface area contributed by atoms with Crippen LogP contribution in [0.4, 0.5) is 0 Å². The Hall–Kier alpha value is -0.570. The molecule has 101 valence electrons. The van der Waals surface area contributed by atoms with Crippen molar-refractivity contribution in [1.82, 2.24) is 5.32 Å². The van der Waals surface area contributed by atoms with Gasteiger partial charge in [0.25, 0.3) is 0 Å². The molecule has 0 heterocycles. The van der Waals surface area contributed by atoms with Crippen molar-refractivity contribution in [2.45, 2.75) is 32.7 Å². The van der Waals surface area contributed by atoms with Crippen molar-refractivity contribution in [3.05, 3.63) is 41.3 Å². The Morgan fingerprint density at radius 2 is 1.94 bits per heavy atom.